The fraction of sp³-hybridized carbons (Fsp3) is 0.391. The molecule has 0 aliphatic carbocycles. The van der Waals surface area contributed by atoms with Crippen LogP contribution in [0, 0.1) is 19.8 Å². The largest absolute Gasteiger partial charge is 0.484 e. The molecule has 5 nitrogen and oxygen atoms in total. The summed E-state index contributed by atoms with van der Waals surface area (Å²) >= 11 is 0. The second-order valence-corrected chi connectivity index (χ2v) is 7.68. The van der Waals surface area contributed by atoms with Gasteiger partial charge in [-0.2, -0.15) is 0 Å². The highest BCUT2D eigenvalue weighted by Gasteiger charge is 2.24. The van der Waals surface area contributed by atoms with E-state index in [2.05, 4.69) is 34.7 Å². The molecule has 0 saturated carbocycles. The Kier molecular flexibility index (Phi) is 5.33. The molecular weight excluding hydrogens is 350 g/mol. The number of rotatable bonds is 5. The van der Waals surface area contributed by atoms with Crippen LogP contribution >= 0.6 is 0 Å². The topological polar surface area (TPSA) is 47.4 Å². The van der Waals surface area contributed by atoms with E-state index in [-0.39, 0.29) is 12.5 Å². The fourth-order valence-electron chi connectivity index (χ4n) is 3.92. The second-order valence-electron chi connectivity index (χ2n) is 7.68. The number of benzene rings is 2. The van der Waals surface area contributed by atoms with E-state index in [1.165, 1.54) is 11.1 Å². The number of likely N-dealkylation sites (tertiary alicyclic amines) is 1. The van der Waals surface area contributed by atoms with Gasteiger partial charge in [-0.15, -0.1) is 0 Å². The van der Waals surface area contributed by atoms with Crippen molar-refractivity contribution in [3.05, 3.63) is 59.9 Å². The second kappa shape index (κ2) is 8.05. The van der Waals surface area contributed by atoms with Gasteiger partial charge in [-0.25, -0.2) is 4.98 Å². The van der Waals surface area contributed by atoms with Crippen molar-refractivity contribution < 1.29 is 9.53 Å². The summed E-state index contributed by atoms with van der Waals surface area (Å²) in [5.74, 6) is 2.45. The maximum atomic E-state index is 12.5. The average molecular weight is 377 g/mol. The lowest BCUT2D eigenvalue weighted by atomic mass is 9.96. The molecule has 28 heavy (non-hydrogen) atoms. The minimum Gasteiger partial charge on any atom is -0.484 e. The highest BCUT2D eigenvalue weighted by molar-refractivity contribution is 5.78. The molecule has 5 heteroatoms. The summed E-state index contributed by atoms with van der Waals surface area (Å²) in [6.07, 6.45) is 2.03. The molecule has 0 bridgehead atoms. The molecule has 0 radical (unpaired) electrons. The van der Waals surface area contributed by atoms with E-state index < -0.39 is 0 Å². The molecule has 1 aliphatic heterocycles. The number of carbonyl (C=O) groups excluding carboxylic acids is 1. The van der Waals surface area contributed by atoms with Crippen molar-refractivity contribution in [2.75, 3.05) is 19.7 Å². The predicted octanol–water partition coefficient (Wildman–Crippen LogP) is 3.97. The molecule has 0 N–H and O–H groups in total. The number of piperidine rings is 1. The molecule has 1 fully saturated rings. The summed E-state index contributed by atoms with van der Waals surface area (Å²) in [6, 6.07) is 16.1. The SMILES string of the molecule is Cc1ccc(OCC(=O)N2CCC(Cn3c(C)nc4ccccc43)CC2)cc1. The van der Waals surface area contributed by atoms with Crippen LogP contribution < -0.4 is 4.74 Å². The van der Waals surface area contributed by atoms with Crippen molar-refractivity contribution in [2.24, 2.45) is 5.92 Å². The molecule has 2 heterocycles. The zero-order valence-corrected chi connectivity index (χ0v) is 16.6. The number of fused-ring (bicyclic) bond motifs is 1. The first-order valence-electron chi connectivity index (χ1n) is 9.99. The number of imidazole rings is 1. The Morgan fingerprint density at radius 2 is 1.79 bits per heavy atom. The number of para-hydroxylation sites is 2. The highest BCUT2D eigenvalue weighted by Crippen LogP contribution is 2.23. The van der Waals surface area contributed by atoms with E-state index in [4.69, 9.17) is 4.74 Å². The molecule has 146 valence electrons. The number of aromatic nitrogens is 2. The van der Waals surface area contributed by atoms with Crippen molar-refractivity contribution in [1.29, 1.82) is 0 Å². The standard InChI is InChI=1S/C23H27N3O2/c1-17-7-9-20(10-8-17)28-16-23(27)25-13-11-19(12-14-25)15-26-18(2)24-21-5-3-4-6-22(21)26/h3-10,19H,11-16H2,1-2H3. The van der Waals surface area contributed by atoms with Crippen molar-refractivity contribution >= 4 is 16.9 Å². The van der Waals surface area contributed by atoms with Gasteiger partial charge in [0.05, 0.1) is 11.0 Å². The van der Waals surface area contributed by atoms with Gasteiger partial charge in [-0.05, 0) is 56.9 Å². The Morgan fingerprint density at radius 3 is 2.54 bits per heavy atom. The Balaban J connectivity index is 1.30. The minimum absolute atomic E-state index is 0.0725. The molecule has 3 aromatic rings. The van der Waals surface area contributed by atoms with Gasteiger partial charge >= 0.3 is 0 Å². The summed E-state index contributed by atoms with van der Waals surface area (Å²) < 4.78 is 7.97. The summed E-state index contributed by atoms with van der Waals surface area (Å²) in [6.45, 7) is 6.78. The molecule has 1 saturated heterocycles. The molecule has 1 aliphatic rings. The van der Waals surface area contributed by atoms with Gasteiger partial charge in [0.25, 0.3) is 5.91 Å². The normalized spacial score (nSPS) is 15.1. The maximum Gasteiger partial charge on any atom is 0.260 e. The maximum absolute atomic E-state index is 12.5. The summed E-state index contributed by atoms with van der Waals surface area (Å²) in [5.41, 5.74) is 3.44. The number of nitrogens with zero attached hydrogens (tertiary/aromatic N) is 3. The lowest BCUT2D eigenvalue weighted by Gasteiger charge is -2.32. The van der Waals surface area contributed by atoms with Gasteiger partial charge in [0.2, 0.25) is 0 Å². The Bertz CT molecular complexity index is 954. The van der Waals surface area contributed by atoms with E-state index in [0.717, 1.165) is 49.6 Å². The van der Waals surface area contributed by atoms with Gasteiger partial charge in [0.1, 0.15) is 11.6 Å². The quantitative estimate of drug-likeness (QED) is 0.676. The zero-order chi connectivity index (χ0) is 19.5. The van der Waals surface area contributed by atoms with E-state index in [0.29, 0.717) is 5.92 Å². The van der Waals surface area contributed by atoms with Crippen LogP contribution in [0.2, 0.25) is 0 Å². The third-order valence-corrected chi connectivity index (χ3v) is 5.64. The number of aryl methyl sites for hydroxylation is 2. The van der Waals surface area contributed by atoms with Crippen LogP contribution in [0.4, 0.5) is 0 Å². The van der Waals surface area contributed by atoms with Gasteiger partial charge in [-0.1, -0.05) is 29.8 Å². The fourth-order valence-corrected chi connectivity index (χ4v) is 3.92. The van der Waals surface area contributed by atoms with Crippen LogP contribution in [0.15, 0.2) is 48.5 Å². The molecule has 0 unspecified atom stereocenters. The zero-order valence-electron chi connectivity index (χ0n) is 16.6. The third kappa shape index (κ3) is 4.03. The number of hydrogen-bond acceptors (Lipinski definition) is 3. The molecular formula is C23H27N3O2. The summed E-state index contributed by atoms with van der Waals surface area (Å²) in [7, 11) is 0. The Morgan fingerprint density at radius 1 is 1.07 bits per heavy atom. The smallest absolute Gasteiger partial charge is 0.260 e. The molecule has 2 aromatic carbocycles. The first-order valence-corrected chi connectivity index (χ1v) is 9.99. The first-order chi connectivity index (χ1) is 13.6. The minimum atomic E-state index is 0.0725. The van der Waals surface area contributed by atoms with Crippen molar-refractivity contribution in [3.63, 3.8) is 0 Å². The average Bonchev–Trinajstić information content (AvgIpc) is 3.03. The van der Waals surface area contributed by atoms with Crippen LogP contribution in [0.3, 0.4) is 0 Å². The Labute approximate surface area is 165 Å². The monoisotopic (exact) mass is 377 g/mol. The van der Waals surface area contributed by atoms with Gasteiger partial charge < -0.3 is 14.2 Å². The number of carbonyl (C=O) groups is 1. The van der Waals surface area contributed by atoms with Crippen molar-refractivity contribution in [1.82, 2.24) is 14.5 Å². The molecule has 1 aromatic heterocycles. The third-order valence-electron chi connectivity index (χ3n) is 5.64. The molecule has 0 spiro atoms. The summed E-state index contributed by atoms with van der Waals surface area (Å²) in [5, 5.41) is 0. The predicted molar refractivity (Wildman–Crippen MR) is 110 cm³/mol. The van der Waals surface area contributed by atoms with Gasteiger partial charge in [0, 0.05) is 19.6 Å². The number of ether oxygens (including phenoxy) is 1. The highest BCUT2D eigenvalue weighted by atomic mass is 16.5. The first kappa shape index (κ1) is 18.5. The van der Waals surface area contributed by atoms with Gasteiger partial charge in [-0.3, -0.25) is 4.79 Å². The van der Waals surface area contributed by atoms with E-state index in [1.54, 1.807) is 0 Å². The van der Waals surface area contributed by atoms with E-state index in [9.17, 15) is 4.79 Å². The lowest BCUT2D eigenvalue weighted by Crippen LogP contribution is -2.41. The van der Waals surface area contributed by atoms with Crippen molar-refractivity contribution in [2.45, 2.75) is 33.2 Å². The molecule has 4 rings (SSSR count). The van der Waals surface area contributed by atoms with Crippen LogP contribution in [-0.4, -0.2) is 40.1 Å². The van der Waals surface area contributed by atoms with Gasteiger partial charge in [0.15, 0.2) is 6.61 Å². The molecule has 0 atom stereocenters. The molecule has 1 amide bonds. The van der Waals surface area contributed by atoms with Crippen LogP contribution in [0.25, 0.3) is 11.0 Å². The summed E-state index contributed by atoms with van der Waals surface area (Å²) in [4.78, 5) is 19.1. The number of hydrogen-bond donors (Lipinski definition) is 0. The van der Waals surface area contributed by atoms with E-state index in [1.807, 2.05) is 42.2 Å². The van der Waals surface area contributed by atoms with Crippen LogP contribution in [-0.2, 0) is 11.3 Å². The Hall–Kier alpha value is -2.82. The lowest BCUT2D eigenvalue weighted by molar-refractivity contribution is -0.134. The number of amides is 1. The van der Waals surface area contributed by atoms with Crippen LogP contribution in [0.1, 0.15) is 24.2 Å². The van der Waals surface area contributed by atoms with Crippen molar-refractivity contribution in [3.8, 4) is 5.75 Å². The van der Waals surface area contributed by atoms with E-state index >= 15 is 0 Å². The van der Waals surface area contributed by atoms with Crippen LogP contribution in [0.5, 0.6) is 5.75 Å².